The summed E-state index contributed by atoms with van der Waals surface area (Å²) in [5.41, 5.74) is 3.44. The van der Waals surface area contributed by atoms with Gasteiger partial charge in [0.25, 0.3) is 11.8 Å². The fourth-order valence-corrected chi connectivity index (χ4v) is 3.60. The van der Waals surface area contributed by atoms with E-state index in [1.54, 1.807) is 73.8 Å². The minimum Gasteiger partial charge on any atom is -0.497 e. The zero-order valence-electron chi connectivity index (χ0n) is 17.7. The summed E-state index contributed by atoms with van der Waals surface area (Å²) in [5.74, 6) is -0.438. The number of benzene rings is 3. The highest BCUT2D eigenvalue weighted by atomic mass is 16.5. The molecular weight excluding hydrogens is 406 g/mol. The maximum absolute atomic E-state index is 13.4. The first-order valence-corrected chi connectivity index (χ1v) is 10.0. The highest BCUT2D eigenvalue weighted by molar-refractivity contribution is 6.33. The number of nitrogens with zero attached hydrogens (tertiary/aromatic N) is 1. The quantitative estimate of drug-likeness (QED) is 0.347. The molecule has 0 radical (unpaired) electrons. The molecule has 1 aliphatic heterocycles. The van der Waals surface area contributed by atoms with E-state index in [0.717, 1.165) is 11.1 Å². The van der Waals surface area contributed by atoms with Crippen LogP contribution in [-0.4, -0.2) is 36.9 Å². The van der Waals surface area contributed by atoms with E-state index in [1.807, 2.05) is 12.1 Å². The van der Waals surface area contributed by atoms with Gasteiger partial charge in [0.15, 0.2) is 0 Å². The number of carbonyl (C=O) groups is 3. The third kappa shape index (κ3) is 4.03. The van der Waals surface area contributed by atoms with Crippen LogP contribution in [0.1, 0.15) is 37.4 Å². The molecule has 1 aliphatic rings. The maximum atomic E-state index is 13.4. The number of fused-ring (bicyclic) bond motifs is 1. The van der Waals surface area contributed by atoms with Crippen LogP contribution in [0.5, 0.6) is 5.75 Å². The zero-order valence-corrected chi connectivity index (χ0v) is 17.7. The van der Waals surface area contributed by atoms with Crippen molar-refractivity contribution in [1.29, 1.82) is 0 Å². The first-order chi connectivity index (χ1) is 15.5. The standard InChI is InChI=1S/C26H21NO5/c1-31-20-13-9-18(10-14-20)16-27-24(28)22-6-4-3-5-21(22)23(25(27)29)15-17-7-11-19(12-8-17)26(30)32-2/h3-15H,16H2,1-2H3/b23-15+. The van der Waals surface area contributed by atoms with E-state index >= 15 is 0 Å². The van der Waals surface area contributed by atoms with Crippen molar-refractivity contribution in [3.05, 3.63) is 101 Å². The van der Waals surface area contributed by atoms with Gasteiger partial charge in [-0.05, 0) is 53.1 Å². The third-order valence-electron chi connectivity index (χ3n) is 5.31. The Morgan fingerprint density at radius 2 is 1.50 bits per heavy atom. The van der Waals surface area contributed by atoms with Gasteiger partial charge in [-0.2, -0.15) is 0 Å². The molecule has 0 aromatic heterocycles. The summed E-state index contributed by atoms with van der Waals surface area (Å²) in [4.78, 5) is 39.4. The molecule has 0 saturated carbocycles. The first kappa shape index (κ1) is 21.1. The van der Waals surface area contributed by atoms with Gasteiger partial charge in [-0.25, -0.2) is 4.79 Å². The molecule has 0 atom stereocenters. The highest BCUT2D eigenvalue weighted by Crippen LogP contribution is 2.31. The van der Waals surface area contributed by atoms with Gasteiger partial charge in [-0.1, -0.05) is 42.5 Å². The lowest BCUT2D eigenvalue weighted by Crippen LogP contribution is -2.41. The van der Waals surface area contributed by atoms with Crippen LogP contribution in [0.15, 0.2) is 72.8 Å². The largest absolute Gasteiger partial charge is 0.497 e. The summed E-state index contributed by atoms with van der Waals surface area (Å²) in [6.45, 7) is 0.147. The van der Waals surface area contributed by atoms with Gasteiger partial charge in [0, 0.05) is 11.1 Å². The Labute approximate surface area is 185 Å². The predicted molar refractivity (Wildman–Crippen MR) is 120 cm³/mol. The second-order valence-corrected chi connectivity index (χ2v) is 7.26. The Hall–Kier alpha value is -4.19. The maximum Gasteiger partial charge on any atom is 0.337 e. The summed E-state index contributed by atoms with van der Waals surface area (Å²) in [6.07, 6.45) is 1.73. The number of imide groups is 1. The van der Waals surface area contributed by atoms with Gasteiger partial charge in [0.2, 0.25) is 0 Å². The third-order valence-corrected chi connectivity index (χ3v) is 5.31. The van der Waals surface area contributed by atoms with E-state index in [-0.39, 0.29) is 18.4 Å². The van der Waals surface area contributed by atoms with Gasteiger partial charge < -0.3 is 9.47 Å². The van der Waals surface area contributed by atoms with Gasteiger partial charge >= 0.3 is 5.97 Å². The lowest BCUT2D eigenvalue weighted by molar-refractivity contribution is -0.123. The normalized spacial score (nSPS) is 14.3. The van der Waals surface area contributed by atoms with Crippen molar-refractivity contribution in [1.82, 2.24) is 4.90 Å². The van der Waals surface area contributed by atoms with Crippen LogP contribution < -0.4 is 4.74 Å². The topological polar surface area (TPSA) is 72.9 Å². The molecule has 0 aliphatic carbocycles. The van der Waals surface area contributed by atoms with Crippen LogP contribution in [-0.2, 0) is 16.1 Å². The minimum atomic E-state index is -0.431. The second kappa shape index (κ2) is 8.89. The molecular formula is C26H21NO5. The average molecular weight is 427 g/mol. The van der Waals surface area contributed by atoms with E-state index in [0.29, 0.717) is 28.0 Å². The van der Waals surface area contributed by atoms with E-state index in [4.69, 9.17) is 9.47 Å². The molecule has 2 amide bonds. The fraction of sp³-hybridized carbons (Fsp3) is 0.115. The van der Waals surface area contributed by atoms with Crippen LogP contribution in [0.3, 0.4) is 0 Å². The summed E-state index contributed by atoms with van der Waals surface area (Å²) < 4.78 is 9.90. The SMILES string of the molecule is COC(=O)c1ccc(/C=C2/C(=O)N(Cc3ccc(OC)cc3)C(=O)c3ccccc32)cc1. The van der Waals surface area contributed by atoms with Crippen LogP contribution in [0.25, 0.3) is 11.6 Å². The van der Waals surface area contributed by atoms with E-state index < -0.39 is 5.97 Å². The summed E-state index contributed by atoms with van der Waals surface area (Å²) in [5, 5.41) is 0. The molecule has 3 aromatic rings. The second-order valence-electron chi connectivity index (χ2n) is 7.26. The molecule has 6 heteroatoms. The number of amides is 2. The van der Waals surface area contributed by atoms with Crippen LogP contribution >= 0.6 is 0 Å². The van der Waals surface area contributed by atoms with Crippen LogP contribution in [0, 0.1) is 0 Å². The predicted octanol–water partition coefficient (Wildman–Crippen LogP) is 4.21. The van der Waals surface area contributed by atoms with Crippen molar-refractivity contribution in [3.8, 4) is 5.75 Å². The lowest BCUT2D eigenvalue weighted by atomic mass is 9.91. The monoisotopic (exact) mass is 427 g/mol. The number of carbonyl (C=O) groups excluding carboxylic acids is 3. The Bertz CT molecular complexity index is 1210. The van der Waals surface area contributed by atoms with Crippen molar-refractivity contribution in [2.45, 2.75) is 6.54 Å². The molecule has 0 N–H and O–H groups in total. The number of hydrogen-bond acceptors (Lipinski definition) is 5. The molecule has 32 heavy (non-hydrogen) atoms. The first-order valence-electron chi connectivity index (χ1n) is 10.0. The van der Waals surface area contributed by atoms with Crippen molar-refractivity contribution in [2.75, 3.05) is 14.2 Å². The molecule has 0 spiro atoms. The van der Waals surface area contributed by atoms with E-state index in [9.17, 15) is 14.4 Å². The Morgan fingerprint density at radius 1 is 0.844 bits per heavy atom. The average Bonchev–Trinajstić information content (AvgIpc) is 2.84. The minimum absolute atomic E-state index is 0.147. The molecule has 0 fully saturated rings. The Balaban J connectivity index is 1.71. The Kier molecular flexibility index (Phi) is 5.85. The van der Waals surface area contributed by atoms with Crippen molar-refractivity contribution < 1.29 is 23.9 Å². The summed E-state index contributed by atoms with van der Waals surface area (Å²) in [7, 11) is 2.91. The number of rotatable bonds is 5. The molecule has 0 unspecified atom stereocenters. The smallest absolute Gasteiger partial charge is 0.337 e. The zero-order chi connectivity index (χ0) is 22.7. The van der Waals surface area contributed by atoms with Crippen molar-refractivity contribution in [2.24, 2.45) is 0 Å². The van der Waals surface area contributed by atoms with Crippen molar-refractivity contribution in [3.63, 3.8) is 0 Å². The molecule has 6 nitrogen and oxygen atoms in total. The van der Waals surface area contributed by atoms with Crippen LogP contribution in [0.2, 0.25) is 0 Å². The van der Waals surface area contributed by atoms with Gasteiger partial charge in [-0.15, -0.1) is 0 Å². The van der Waals surface area contributed by atoms with E-state index in [2.05, 4.69) is 0 Å². The number of methoxy groups -OCH3 is 2. The van der Waals surface area contributed by atoms with Gasteiger partial charge in [0.05, 0.1) is 26.3 Å². The van der Waals surface area contributed by atoms with Gasteiger partial charge in [0.1, 0.15) is 5.75 Å². The Morgan fingerprint density at radius 3 is 2.12 bits per heavy atom. The van der Waals surface area contributed by atoms with Gasteiger partial charge in [-0.3, -0.25) is 14.5 Å². The molecule has 3 aromatic carbocycles. The molecule has 160 valence electrons. The number of esters is 1. The molecule has 4 rings (SSSR count). The highest BCUT2D eigenvalue weighted by Gasteiger charge is 2.34. The number of ether oxygens (including phenoxy) is 2. The molecule has 0 bridgehead atoms. The van der Waals surface area contributed by atoms with E-state index in [1.165, 1.54) is 12.0 Å². The molecule has 0 saturated heterocycles. The fourth-order valence-electron chi connectivity index (χ4n) is 3.60. The summed E-state index contributed by atoms with van der Waals surface area (Å²) >= 11 is 0. The lowest BCUT2D eigenvalue weighted by Gasteiger charge is -2.28. The van der Waals surface area contributed by atoms with Crippen molar-refractivity contribution >= 4 is 29.4 Å². The van der Waals surface area contributed by atoms with Crippen LogP contribution in [0.4, 0.5) is 0 Å². The number of hydrogen-bond donors (Lipinski definition) is 0. The molecule has 1 heterocycles. The summed E-state index contributed by atoms with van der Waals surface area (Å²) in [6, 6.07) is 21.1.